The standard InChI is InChI=1S/C14H15ClN2O/c1-9-6-10(15)2-5-12(9)14-13(17-8-18-14)7-16-11-3-4-11/h2,5-6,8,11,16H,3-4,7H2,1H3. The largest absolute Gasteiger partial charge is 0.443 e. The van der Waals surface area contributed by atoms with Gasteiger partial charge in [0.2, 0.25) is 0 Å². The van der Waals surface area contributed by atoms with Crippen LogP contribution in [0.15, 0.2) is 29.0 Å². The fraction of sp³-hybridized carbons (Fsp3) is 0.357. The zero-order valence-corrected chi connectivity index (χ0v) is 11.0. The minimum absolute atomic E-state index is 0.667. The van der Waals surface area contributed by atoms with Crippen molar-refractivity contribution in [1.82, 2.24) is 10.3 Å². The van der Waals surface area contributed by atoms with Crippen LogP contribution in [0.4, 0.5) is 0 Å². The number of nitrogens with zero attached hydrogens (tertiary/aromatic N) is 1. The van der Waals surface area contributed by atoms with Crippen LogP contribution < -0.4 is 5.32 Å². The Morgan fingerprint density at radius 2 is 2.28 bits per heavy atom. The molecule has 0 unspecified atom stereocenters. The number of hydrogen-bond donors (Lipinski definition) is 1. The van der Waals surface area contributed by atoms with E-state index in [1.54, 1.807) is 0 Å². The Morgan fingerprint density at radius 3 is 3.00 bits per heavy atom. The van der Waals surface area contributed by atoms with Crippen LogP contribution in [0.25, 0.3) is 11.3 Å². The quantitative estimate of drug-likeness (QED) is 0.916. The second-order valence-corrected chi connectivity index (χ2v) is 5.18. The van der Waals surface area contributed by atoms with Gasteiger partial charge in [-0.15, -0.1) is 0 Å². The predicted molar refractivity (Wildman–Crippen MR) is 71.5 cm³/mol. The van der Waals surface area contributed by atoms with E-state index < -0.39 is 0 Å². The third-order valence-electron chi connectivity index (χ3n) is 3.21. The zero-order chi connectivity index (χ0) is 12.5. The SMILES string of the molecule is Cc1cc(Cl)ccc1-c1ocnc1CNC1CC1. The molecule has 4 heteroatoms. The van der Waals surface area contributed by atoms with Gasteiger partial charge in [0.1, 0.15) is 5.69 Å². The average molecular weight is 263 g/mol. The van der Waals surface area contributed by atoms with Crippen molar-refractivity contribution >= 4 is 11.6 Å². The van der Waals surface area contributed by atoms with E-state index >= 15 is 0 Å². The summed E-state index contributed by atoms with van der Waals surface area (Å²) in [5.41, 5.74) is 3.13. The lowest BCUT2D eigenvalue weighted by Crippen LogP contribution is -2.16. The number of aryl methyl sites for hydroxylation is 1. The van der Waals surface area contributed by atoms with Crippen molar-refractivity contribution in [2.45, 2.75) is 32.4 Å². The molecule has 0 atom stereocenters. The summed E-state index contributed by atoms with van der Waals surface area (Å²) in [5.74, 6) is 0.845. The van der Waals surface area contributed by atoms with E-state index in [4.69, 9.17) is 16.0 Å². The molecule has 2 aromatic rings. The summed E-state index contributed by atoms with van der Waals surface area (Å²) >= 11 is 5.97. The minimum Gasteiger partial charge on any atom is -0.443 e. The van der Waals surface area contributed by atoms with Gasteiger partial charge in [0.15, 0.2) is 12.2 Å². The third kappa shape index (κ3) is 2.42. The Hall–Kier alpha value is -1.32. The fourth-order valence-electron chi connectivity index (χ4n) is 2.02. The minimum atomic E-state index is 0.667. The summed E-state index contributed by atoms with van der Waals surface area (Å²) in [5, 5.41) is 4.20. The highest BCUT2D eigenvalue weighted by molar-refractivity contribution is 6.30. The number of aromatic nitrogens is 1. The molecule has 3 rings (SSSR count). The predicted octanol–water partition coefficient (Wildman–Crippen LogP) is 3.56. The van der Waals surface area contributed by atoms with E-state index in [-0.39, 0.29) is 0 Å². The first-order valence-corrected chi connectivity index (χ1v) is 6.54. The van der Waals surface area contributed by atoms with Gasteiger partial charge in [-0.25, -0.2) is 4.98 Å². The van der Waals surface area contributed by atoms with Crippen LogP contribution in [-0.2, 0) is 6.54 Å². The molecule has 1 aliphatic rings. The molecular weight excluding hydrogens is 248 g/mol. The van der Waals surface area contributed by atoms with Crippen molar-refractivity contribution in [3.63, 3.8) is 0 Å². The lowest BCUT2D eigenvalue weighted by Gasteiger charge is -2.06. The van der Waals surface area contributed by atoms with Gasteiger partial charge in [0, 0.05) is 23.2 Å². The molecule has 0 spiro atoms. The van der Waals surface area contributed by atoms with E-state index in [9.17, 15) is 0 Å². The van der Waals surface area contributed by atoms with Gasteiger partial charge in [-0.2, -0.15) is 0 Å². The molecule has 0 amide bonds. The summed E-state index contributed by atoms with van der Waals surface area (Å²) in [7, 11) is 0. The highest BCUT2D eigenvalue weighted by atomic mass is 35.5. The number of oxazole rings is 1. The second-order valence-electron chi connectivity index (χ2n) is 4.74. The molecule has 0 aliphatic heterocycles. The lowest BCUT2D eigenvalue weighted by atomic mass is 10.1. The third-order valence-corrected chi connectivity index (χ3v) is 3.44. The molecule has 1 aromatic carbocycles. The van der Waals surface area contributed by atoms with Gasteiger partial charge in [-0.05, 0) is 43.5 Å². The zero-order valence-electron chi connectivity index (χ0n) is 10.2. The van der Waals surface area contributed by atoms with Crippen LogP contribution >= 0.6 is 11.6 Å². The monoisotopic (exact) mass is 262 g/mol. The summed E-state index contributed by atoms with van der Waals surface area (Å²) in [4.78, 5) is 4.29. The van der Waals surface area contributed by atoms with Gasteiger partial charge in [0.25, 0.3) is 0 Å². The van der Waals surface area contributed by atoms with E-state index in [0.29, 0.717) is 6.04 Å². The van der Waals surface area contributed by atoms with Crippen molar-refractivity contribution in [2.24, 2.45) is 0 Å². The van der Waals surface area contributed by atoms with Crippen molar-refractivity contribution in [3.05, 3.63) is 40.9 Å². The van der Waals surface area contributed by atoms with Crippen molar-refractivity contribution < 1.29 is 4.42 Å². The number of hydrogen-bond acceptors (Lipinski definition) is 3. The molecule has 0 saturated heterocycles. The molecule has 1 N–H and O–H groups in total. The van der Waals surface area contributed by atoms with Crippen LogP contribution in [0, 0.1) is 6.92 Å². The molecule has 1 aromatic heterocycles. The topological polar surface area (TPSA) is 38.1 Å². The Kier molecular flexibility index (Phi) is 3.10. The van der Waals surface area contributed by atoms with Crippen LogP contribution in [0.5, 0.6) is 0 Å². The molecule has 1 aliphatic carbocycles. The maximum Gasteiger partial charge on any atom is 0.181 e. The smallest absolute Gasteiger partial charge is 0.181 e. The van der Waals surface area contributed by atoms with Crippen molar-refractivity contribution in [1.29, 1.82) is 0 Å². The number of halogens is 1. The summed E-state index contributed by atoms with van der Waals surface area (Å²) < 4.78 is 5.53. The Morgan fingerprint density at radius 1 is 1.44 bits per heavy atom. The molecule has 3 nitrogen and oxygen atoms in total. The first-order chi connectivity index (χ1) is 8.74. The van der Waals surface area contributed by atoms with Crippen LogP contribution in [0.2, 0.25) is 5.02 Å². The number of benzene rings is 1. The summed E-state index contributed by atoms with van der Waals surface area (Å²) in [6.07, 6.45) is 4.05. The van der Waals surface area contributed by atoms with E-state index in [1.807, 2.05) is 25.1 Å². The van der Waals surface area contributed by atoms with Gasteiger partial charge >= 0.3 is 0 Å². The highest BCUT2D eigenvalue weighted by Gasteiger charge is 2.22. The van der Waals surface area contributed by atoms with Crippen LogP contribution in [0.3, 0.4) is 0 Å². The lowest BCUT2D eigenvalue weighted by molar-refractivity contribution is 0.569. The molecule has 94 valence electrons. The average Bonchev–Trinajstić information content (AvgIpc) is 3.06. The molecule has 1 saturated carbocycles. The van der Waals surface area contributed by atoms with E-state index in [2.05, 4.69) is 10.3 Å². The molecule has 1 heterocycles. The van der Waals surface area contributed by atoms with Gasteiger partial charge in [0.05, 0.1) is 0 Å². The van der Waals surface area contributed by atoms with Gasteiger partial charge < -0.3 is 9.73 Å². The summed E-state index contributed by atoms with van der Waals surface area (Å²) in [6.45, 7) is 2.79. The van der Waals surface area contributed by atoms with Crippen molar-refractivity contribution in [3.8, 4) is 11.3 Å². The molecule has 0 bridgehead atoms. The van der Waals surface area contributed by atoms with Crippen molar-refractivity contribution in [2.75, 3.05) is 0 Å². The Balaban J connectivity index is 1.88. The Bertz CT molecular complexity index is 561. The van der Waals surface area contributed by atoms with Crippen LogP contribution in [0.1, 0.15) is 24.1 Å². The summed E-state index contributed by atoms with van der Waals surface area (Å²) in [6, 6.07) is 6.47. The van der Waals surface area contributed by atoms with Crippen LogP contribution in [-0.4, -0.2) is 11.0 Å². The first-order valence-electron chi connectivity index (χ1n) is 6.16. The first kappa shape index (κ1) is 11.8. The normalized spacial score (nSPS) is 15.0. The fourth-order valence-corrected chi connectivity index (χ4v) is 2.25. The molecule has 18 heavy (non-hydrogen) atoms. The maximum absolute atomic E-state index is 5.97. The number of rotatable bonds is 4. The molecule has 0 radical (unpaired) electrons. The van der Waals surface area contributed by atoms with E-state index in [0.717, 1.165) is 34.1 Å². The highest BCUT2D eigenvalue weighted by Crippen LogP contribution is 2.29. The maximum atomic E-state index is 5.97. The molecule has 1 fully saturated rings. The van der Waals surface area contributed by atoms with E-state index in [1.165, 1.54) is 19.2 Å². The van der Waals surface area contributed by atoms with Gasteiger partial charge in [-0.1, -0.05) is 11.6 Å². The second kappa shape index (κ2) is 4.75. The Labute approximate surface area is 111 Å². The number of nitrogens with one attached hydrogen (secondary N) is 1. The molecular formula is C14H15ClN2O. The van der Waals surface area contributed by atoms with Gasteiger partial charge in [-0.3, -0.25) is 0 Å².